The van der Waals surface area contributed by atoms with Crippen LogP contribution in [0.25, 0.3) is 0 Å². The molecule has 1 aliphatic carbocycles. The fourth-order valence-electron chi connectivity index (χ4n) is 3.36. The summed E-state index contributed by atoms with van der Waals surface area (Å²) in [4.78, 5) is 15.8. The fourth-order valence-corrected chi connectivity index (χ4v) is 3.36. The molecule has 2 aliphatic rings. The summed E-state index contributed by atoms with van der Waals surface area (Å²) in [7, 11) is 0. The number of halogens is 3. The molecule has 2 heterocycles. The van der Waals surface area contributed by atoms with E-state index in [1.807, 2.05) is 0 Å². The summed E-state index contributed by atoms with van der Waals surface area (Å²) >= 11 is 0. The minimum Gasteiger partial charge on any atom is -0.315 e. The lowest BCUT2D eigenvalue weighted by molar-refractivity contribution is -0.144. The Balaban J connectivity index is 1.75. The second-order valence-electron chi connectivity index (χ2n) is 5.69. The number of hydrogen-bond donors (Lipinski definition) is 3. The Labute approximate surface area is 118 Å². The molecule has 1 aromatic rings. The van der Waals surface area contributed by atoms with Gasteiger partial charge in [-0.25, -0.2) is 0 Å². The number of anilines is 1. The molecule has 0 unspecified atom stereocenters. The molecule has 3 rings (SSSR count). The smallest absolute Gasteiger partial charge is 0.315 e. The van der Waals surface area contributed by atoms with Gasteiger partial charge in [-0.1, -0.05) is 12.8 Å². The third-order valence-corrected chi connectivity index (χ3v) is 4.47. The van der Waals surface area contributed by atoms with Crippen molar-refractivity contribution in [3.05, 3.63) is 5.82 Å². The van der Waals surface area contributed by atoms with Crippen LogP contribution in [-0.2, 0) is 11.0 Å². The van der Waals surface area contributed by atoms with Gasteiger partial charge in [-0.05, 0) is 25.3 Å². The summed E-state index contributed by atoms with van der Waals surface area (Å²) in [5.74, 6) is -1.59. The number of hydrogen-bond acceptors (Lipinski definition) is 4. The van der Waals surface area contributed by atoms with Crippen LogP contribution in [0.4, 0.5) is 19.1 Å². The van der Waals surface area contributed by atoms with E-state index < -0.39 is 17.4 Å². The first-order valence-corrected chi connectivity index (χ1v) is 6.93. The van der Waals surface area contributed by atoms with Crippen molar-refractivity contribution in [2.24, 2.45) is 11.3 Å². The maximum Gasteiger partial charge on any atom is 0.451 e. The first kappa shape index (κ1) is 14.3. The number of carbonyl (C=O) groups is 1. The van der Waals surface area contributed by atoms with E-state index in [1.165, 1.54) is 0 Å². The summed E-state index contributed by atoms with van der Waals surface area (Å²) in [5, 5.41) is 10.9. The topological polar surface area (TPSA) is 82.7 Å². The standard InChI is InChI=1S/C12H16F3N5O/c13-12(14,15)8-17-10(20-19-8)18-9(21)11-4-2-1-3-7(11)5-16-6-11/h7,16H,1-6H2,(H2,17,18,19,20,21)/t7-,11+/m0/s1. The number of rotatable bonds is 2. The molecule has 21 heavy (non-hydrogen) atoms. The molecular weight excluding hydrogens is 287 g/mol. The van der Waals surface area contributed by atoms with E-state index in [2.05, 4.69) is 20.7 Å². The van der Waals surface area contributed by atoms with Gasteiger partial charge < -0.3 is 5.32 Å². The maximum absolute atomic E-state index is 12.5. The number of alkyl halides is 3. The van der Waals surface area contributed by atoms with Crippen LogP contribution in [0.15, 0.2) is 0 Å². The zero-order valence-corrected chi connectivity index (χ0v) is 11.3. The Hall–Kier alpha value is -1.64. The summed E-state index contributed by atoms with van der Waals surface area (Å²) in [5.41, 5.74) is -0.544. The number of amides is 1. The van der Waals surface area contributed by atoms with Crippen molar-refractivity contribution in [3.63, 3.8) is 0 Å². The van der Waals surface area contributed by atoms with Gasteiger partial charge in [0.25, 0.3) is 0 Å². The van der Waals surface area contributed by atoms with Gasteiger partial charge in [0.2, 0.25) is 17.7 Å². The Kier molecular flexibility index (Phi) is 3.39. The summed E-state index contributed by atoms with van der Waals surface area (Å²) in [6.45, 7) is 1.33. The second kappa shape index (κ2) is 4.97. The van der Waals surface area contributed by atoms with Crippen LogP contribution in [0.2, 0.25) is 0 Å². The molecule has 0 bridgehead atoms. The number of carbonyl (C=O) groups excluding carboxylic acids is 1. The van der Waals surface area contributed by atoms with Crippen LogP contribution in [0, 0.1) is 11.3 Å². The first-order valence-electron chi connectivity index (χ1n) is 6.93. The second-order valence-corrected chi connectivity index (χ2v) is 5.69. The van der Waals surface area contributed by atoms with E-state index in [0.29, 0.717) is 6.54 Å². The predicted octanol–water partition coefficient (Wildman–Crippen LogP) is 1.54. The van der Waals surface area contributed by atoms with Gasteiger partial charge in [0.1, 0.15) is 0 Å². The van der Waals surface area contributed by atoms with Gasteiger partial charge in [0.05, 0.1) is 5.41 Å². The van der Waals surface area contributed by atoms with Crippen molar-refractivity contribution in [1.82, 2.24) is 20.5 Å². The zero-order chi connectivity index (χ0) is 15.1. The molecule has 1 amide bonds. The zero-order valence-electron chi connectivity index (χ0n) is 11.3. The molecule has 0 radical (unpaired) electrons. The minimum atomic E-state index is -4.60. The molecule has 116 valence electrons. The molecule has 6 nitrogen and oxygen atoms in total. The number of nitrogens with zero attached hydrogens (tertiary/aromatic N) is 2. The largest absolute Gasteiger partial charge is 0.451 e. The lowest BCUT2D eigenvalue weighted by atomic mass is 9.67. The number of H-pyrrole nitrogens is 1. The van der Waals surface area contributed by atoms with Crippen LogP contribution in [-0.4, -0.2) is 34.2 Å². The van der Waals surface area contributed by atoms with E-state index in [-0.39, 0.29) is 17.8 Å². The molecule has 2 atom stereocenters. The number of aromatic nitrogens is 3. The molecule has 1 aliphatic heterocycles. The summed E-state index contributed by atoms with van der Waals surface area (Å²) < 4.78 is 37.4. The molecule has 2 fully saturated rings. The number of nitrogens with one attached hydrogen (secondary N) is 3. The van der Waals surface area contributed by atoms with Crippen LogP contribution in [0.1, 0.15) is 31.5 Å². The van der Waals surface area contributed by atoms with E-state index in [0.717, 1.165) is 32.2 Å². The SMILES string of the molecule is O=C(Nc1n[nH]c(C(F)(F)F)n1)[C@@]12CCCC[C@H]1CNC2. The predicted molar refractivity (Wildman–Crippen MR) is 67.3 cm³/mol. The molecule has 1 saturated carbocycles. The van der Waals surface area contributed by atoms with Gasteiger partial charge >= 0.3 is 6.18 Å². The van der Waals surface area contributed by atoms with Crippen LogP contribution in [0.5, 0.6) is 0 Å². The fraction of sp³-hybridized carbons (Fsp3) is 0.750. The molecule has 1 saturated heterocycles. The van der Waals surface area contributed by atoms with Crippen LogP contribution < -0.4 is 10.6 Å². The van der Waals surface area contributed by atoms with E-state index in [4.69, 9.17) is 0 Å². The van der Waals surface area contributed by atoms with E-state index in [1.54, 1.807) is 5.10 Å². The Morgan fingerprint density at radius 2 is 2.19 bits per heavy atom. The molecular formula is C12H16F3N5O. The van der Waals surface area contributed by atoms with Gasteiger partial charge in [-0.3, -0.25) is 15.2 Å². The molecule has 1 aromatic heterocycles. The maximum atomic E-state index is 12.5. The van der Waals surface area contributed by atoms with Crippen molar-refractivity contribution >= 4 is 11.9 Å². The van der Waals surface area contributed by atoms with E-state index >= 15 is 0 Å². The molecule has 0 spiro atoms. The normalized spacial score (nSPS) is 29.2. The first-order chi connectivity index (χ1) is 9.92. The highest BCUT2D eigenvalue weighted by molar-refractivity contribution is 5.94. The van der Waals surface area contributed by atoms with Crippen LogP contribution >= 0.6 is 0 Å². The summed E-state index contributed by atoms with van der Waals surface area (Å²) in [6.07, 6.45) is -0.862. The van der Waals surface area contributed by atoms with Gasteiger partial charge in [-0.15, -0.1) is 5.10 Å². The highest BCUT2D eigenvalue weighted by Crippen LogP contribution is 2.44. The van der Waals surface area contributed by atoms with Crippen molar-refractivity contribution < 1.29 is 18.0 Å². The third-order valence-electron chi connectivity index (χ3n) is 4.47. The van der Waals surface area contributed by atoms with Gasteiger partial charge in [0.15, 0.2) is 0 Å². The average molecular weight is 303 g/mol. The number of aromatic amines is 1. The Bertz CT molecular complexity index is 543. The van der Waals surface area contributed by atoms with Crippen molar-refractivity contribution in [1.29, 1.82) is 0 Å². The lowest BCUT2D eigenvalue weighted by Gasteiger charge is -2.36. The number of fused-ring (bicyclic) bond motifs is 1. The Morgan fingerprint density at radius 3 is 2.90 bits per heavy atom. The van der Waals surface area contributed by atoms with Crippen LogP contribution in [0.3, 0.4) is 0 Å². The Morgan fingerprint density at radius 1 is 1.38 bits per heavy atom. The highest BCUT2D eigenvalue weighted by atomic mass is 19.4. The average Bonchev–Trinajstić information content (AvgIpc) is 3.04. The highest BCUT2D eigenvalue weighted by Gasteiger charge is 2.50. The molecule has 0 aromatic carbocycles. The van der Waals surface area contributed by atoms with Crippen molar-refractivity contribution in [2.45, 2.75) is 31.9 Å². The molecule has 3 N–H and O–H groups in total. The molecule has 9 heteroatoms. The quantitative estimate of drug-likeness (QED) is 0.774. The van der Waals surface area contributed by atoms with Crippen molar-refractivity contribution in [2.75, 3.05) is 18.4 Å². The van der Waals surface area contributed by atoms with Gasteiger partial charge in [0, 0.05) is 6.54 Å². The monoisotopic (exact) mass is 303 g/mol. The van der Waals surface area contributed by atoms with E-state index in [9.17, 15) is 18.0 Å². The van der Waals surface area contributed by atoms with Gasteiger partial charge in [-0.2, -0.15) is 18.2 Å². The third kappa shape index (κ3) is 2.50. The van der Waals surface area contributed by atoms with Crippen molar-refractivity contribution in [3.8, 4) is 0 Å². The minimum absolute atomic E-state index is 0.229. The summed E-state index contributed by atoms with van der Waals surface area (Å²) in [6, 6.07) is 0. The lowest BCUT2D eigenvalue weighted by Crippen LogP contribution is -2.44.